The molecule has 178 valence electrons. The van der Waals surface area contributed by atoms with E-state index in [4.69, 9.17) is 23.9 Å². The Bertz CT molecular complexity index is 577. The van der Waals surface area contributed by atoms with E-state index in [9.17, 15) is 0 Å². The first-order chi connectivity index (χ1) is 15.0. The Hall–Kier alpha value is -1.83. The fourth-order valence-corrected chi connectivity index (χ4v) is 2.62. The minimum Gasteiger partial charge on any atom is -0.491 e. The highest BCUT2D eigenvalue weighted by Crippen LogP contribution is 2.16. The lowest BCUT2D eigenvalue weighted by molar-refractivity contribution is 0.0689. The number of rotatable bonds is 17. The van der Waals surface area contributed by atoms with Gasteiger partial charge in [0, 0.05) is 45.7 Å². The Labute approximate surface area is 188 Å². The summed E-state index contributed by atoms with van der Waals surface area (Å²) in [5.74, 6) is 2.20. The molecule has 0 aliphatic heterocycles. The maximum atomic E-state index is 5.71. The first-order valence-electron chi connectivity index (χ1n) is 11.5. The number of ether oxygens (including phenoxy) is 4. The van der Waals surface area contributed by atoms with Gasteiger partial charge in [0.2, 0.25) is 0 Å². The number of methoxy groups -OCH3 is 1. The highest BCUT2D eigenvalue weighted by Gasteiger charge is 2.03. The molecule has 1 aromatic rings. The number of anilines is 1. The van der Waals surface area contributed by atoms with Gasteiger partial charge in [0.15, 0.2) is 5.96 Å². The van der Waals surface area contributed by atoms with Gasteiger partial charge in [-0.15, -0.1) is 0 Å². The summed E-state index contributed by atoms with van der Waals surface area (Å²) in [7, 11) is 1.68. The zero-order valence-electron chi connectivity index (χ0n) is 20.1. The third kappa shape index (κ3) is 15.6. The van der Waals surface area contributed by atoms with Crippen molar-refractivity contribution in [3.63, 3.8) is 0 Å². The van der Waals surface area contributed by atoms with Gasteiger partial charge in [0.1, 0.15) is 5.75 Å². The summed E-state index contributed by atoms with van der Waals surface area (Å²) >= 11 is 0. The van der Waals surface area contributed by atoms with Gasteiger partial charge >= 0.3 is 0 Å². The highest BCUT2D eigenvalue weighted by molar-refractivity contribution is 5.93. The highest BCUT2D eigenvalue weighted by atomic mass is 16.5. The van der Waals surface area contributed by atoms with E-state index in [2.05, 4.69) is 24.5 Å². The lowest BCUT2D eigenvalue weighted by Gasteiger charge is -2.14. The van der Waals surface area contributed by atoms with E-state index < -0.39 is 0 Å². The first kappa shape index (κ1) is 27.2. The van der Waals surface area contributed by atoms with Crippen molar-refractivity contribution in [2.75, 3.05) is 58.6 Å². The fraction of sp³-hybridized carbons (Fsp3) is 0.708. The molecule has 0 spiro atoms. The van der Waals surface area contributed by atoms with Crippen molar-refractivity contribution in [3.05, 3.63) is 24.3 Å². The third-order valence-corrected chi connectivity index (χ3v) is 4.10. The Balaban J connectivity index is 2.46. The lowest BCUT2D eigenvalue weighted by Crippen LogP contribution is -2.32. The van der Waals surface area contributed by atoms with Gasteiger partial charge in [0.25, 0.3) is 0 Å². The quantitative estimate of drug-likeness (QED) is 0.215. The van der Waals surface area contributed by atoms with Gasteiger partial charge < -0.3 is 29.6 Å². The van der Waals surface area contributed by atoms with Crippen LogP contribution in [0.15, 0.2) is 29.3 Å². The molecule has 0 saturated carbocycles. The van der Waals surface area contributed by atoms with E-state index in [1.807, 2.05) is 38.1 Å². The van der Waals surface area contributed by atoms with Gasteiger partial charge in [-0.25, -0.2) is 0 Å². The third-order valence-electron chi connectivity index (χ3n) is 4.10. The number of aliphatic imine (C=N–C) groups is 1. The molecule has 0 saturated heterocycles. The number of nitrogens with one attached hydrogen (secondary N) is 2. The van der Waals surface area contributed by atoms with Gasteiger partial charge in [0.05, 0.1) is 19.3 Å². The summed E-state index contributed by atoms with van der Waals surface area (Å²) in [4.78, 5) is 4.70. The topological polar surface area (TPSA) is 73.3 Å². The molecule has 0 amide bonds. The number of nitrogens with zero attached hydrogens (tertiary/aromatic N) is 1. The number of hydrogen-bond donors (Lipinski definition) is 2. The normalized spacial score (nSPS) is 11.9. The van der Waals surface area contributed by atoms with E-state index in [-0.39, 0.29) is 6.10 Å². The Morgan fingerprint density at radius 2 is 1.65 bits per heavy atom. The molecular formula is C24H43N3O4. The monoisotopic (exact) mass is 437 g/mol. The average Bonchev–Trinajstić information content (AvgIpc) is 2.73. The van der Waals surface area contributed by atoms with Gasteiger partial charge in [-0.3, -0.25) is 4.99 Å². The summed E-state index contributed by atoms with van der Waals surface area (Å²) in [6.45, 7) is 13.5. The molecular weight excluding hydrogens is 394 g/mol. The van der Waals surface area contributed by atoms with Crippen molar-refractivity contribution in [2.24, 2.45) is 10.9 Å². The van der Waals surface area contributed by atoms with Gasteiger partial charge in [-0.1, -0.05) is 13.8 Å². The van der Waals surface area contributed by atoms with E-state index in [1.54, 1.807) is 7.11 Å². The van der Waals surface area contributed by atoms with E-state index in [1.165, 1.54) is 0 Å². The molecule has 0 aliphatic rings. The number of guanidine groups is 1. The molecule has 2 N–H and O–H groups in total. The zero-order chi connectivity index (χ0) is 22.7. The number of benzene rings is 1. The molecule has 7 nitrogen and oxygen atoms in total. The van der Waals surface area contributed by atoms with Crippen LogP contribution in [-0.2, 0) is 14.2 Å². The van der Waals surface area contributed by atoms with Crippen LogP contribution >= 0.6 is 0 Å². The van der Waals surface area contributed by atoms with Crippen molar-refractivity contribution >= 4 is 11.6 Å². The minimum absolute atomic E-state index is 0.161. The Morgan fingerprint density at radius 3 is 2.32 bits per heavy atom. The van der Waals surface area contributed by atoms with Crippen LogP contribution in [0.1, 0.15) is 47.0 Å². The van der Waals surface area contributed by atoms with Crippen LogP contribution in [0.3, 0.4) is 0 Å². The first-order valence-corrected chi connectivity index (χ1v) is 11.5. The molecule has 0 heterocycles. The van der Waals surface area contributed by atoms with Crippen molar-refractivity contribution in [3.8, 4) is 5.75 Å². The molecule has 0 fully saturated rings. The van der Waals surface area contributed by atoms with Gasteiger partial charge in [-0.05, 0) is 63.3 Å². The van der Waals surface area contributed by atoms with Crippen LogP contribution in [0, 0.1) is 5.92 Å². The van der Waals surface area contributed by atoms with Crippen LogP contribution in [0.5, 0.6) is 5.75 Å². The summed E-state index contributed by atoms with van der Waals surface area (Å²) in [6.07, 6.45) is 3.06. The molecule has 1 aromatic carbocycles. The van der Waals surface area contributed by atoms with Crippen LogP contribution in [0.25, 0.3) is 0 Å². The predicted molar refractivity (Wildman–Crippen MR) is 128 cm³/mol. The lowest BCUT2D eigenvalue weighted by atomic mass is 10.2. The summed E-state index contributed by atoms with van der Waals surface area (Å²) in [5.41, 5.74) is 0.973. The molecule has 0 unspecified atom stereocenters. The summed E-state index contributed by atoms with van der Waals surface area (Å²) in [6, 6.07) is 7.95. The van der Waals surface area contributed by atoms with Crippen LogP contribution in [0.4, 0.5) is 5.69 Å². The molecule has 0 aliphatic carbocycles. The molecule has 0 atom stereocenters. The minimum atomic E-state index is 0.161. The predicted octanol–water partition coefficient (Wildman–Crippen LogP) is 4.34. The standard InChI is InChI=1S/C24H43N3O4/c1-20(2)19-30-16-8-14-26-24(25-13-6-7-15-29-18-17-28-5)27-22-9-11-23(12-10-22)31-21(3)4/h9-12,20-21H,6-8,13-19H2,1-5H3,(H2,25,26,27). The van der Waals surface area contributed by atoms with E-state index in [0.717, 1.165) is 63.0 Å². The van der Waals surface area contributed by atoms with Crippen molar-refractivity contribution < 1.29 is 18.9 Å². The fourth-order valence-electron chi connectivity index (χ4n) is 2.62. The van der Waals surface area contributed by atoms with Gasteiger partial charge in [-0.2, -0.15) is 0 Å². The summed E-state index contributed by atoms with van der Waals surface area (Å²) in [5, 5.41) is 6.80. The molecule has 1 rings (SSSR count). The van der Waals surface area contributed by atoms with Crippen LogP contribution in [0.2, 0.25) is 0 Å². The number of unbranched alkanes of at least 4 members (excludes halogenated alkanes) is 1. The molecule has 0 radical (unpaired) electrons. The Kier molecular flexibility index (Phi) is 15.6. The second kappa shape index (κ2) is 17.8. The van der Waals surface area contributed by atoms with Crippen molar-refractivity contribution in [1.29, 1.82) is 0 Å². The second-order valence-corrected chi connectivity index (χ2v) is 8.11. The smallest absolute Gasteiger partial charge is 0.195 e. The molecule has 0 bridgehead atoms. The number of hydrogen-bond acceptors (Lipinski definition) is 5. The van der Waals surface area contributed by atoms with Crippen LogP contribution < -0.4 is 15.4 Å². The van der Waals surface area contributed by atoms with Crippen molar-refractivity contribution in [1.82, 2.24) is 5.32 Å². The van der Waals surface area contributed by atoms with E-state index >= 15 is 0 Å². The molecule has 0 aromatic heterocycles. The Morgan fingerprint density at radius 1 is 0.903 bits per heavy atom. The second-order valence-electron chi connectivity index (χ2n) is 8.11. The van der Waals surface area contributed by atoms with Crippen LogP contribution in [-0.4, -0.2) is 65.3 Å². The maximum absolute atomic E-state index is 5.71. The molecule has 7 heteroatoms. The maximum Gasteiger partial charge on any atom is 0.195 e. The zero-order valence-corrected chi connectivity index (χ0v) is 20.1. The molecule has 31 heavy (non-hydrogen) atoms. The van der Waals surface area contributed by atoms with Crippen molar-refractivity contribution in [2.45, 2.75) is 53.1 Å². The largest absolute Gasteiger partial charge is 0.491 e. The average molecular weight is 438 g/mol. The van der Waals surface area contributed by atoms with E-state index in [0.29, 0.717) is 25.7 Å². The SMILES string of the molecule is COCCOCCCCNC(=NCCCOCC(C)C)Nc1ccc(OC(C)C)cc1. The summed E-state index contributed by atoms with van der Waals surface area (Å²) < 4.78 is 21.8.